The predicted octanol–water partition coefficient (Wildman–Crippen LogP) is 5.09. The fourth-order valence-electron chi connectivity index (χ4n) is 2.53. The minimum Gasteiger partial charge on any atom is -0.480 e. The Bertz CT molecular complexity index is 823. The number of anilines is 1. The van der Waals surface area contributed by atoms with E-state index in [2.05, 4.69) is 43.1 Å². The van der Waals surface area contributed by atoms with E-state index in [1.807, 2.05) is 27.8 Å². The lowest BCUT2D eigenvalue weighted by Gasteiger charge is -2.18. The average molecular weight is 373 g/mol. The molecule has 1 N–H and O–H groups in total. The lowest BCUT2D eigenvalue weighted by molar-refractivity contribution is -0.135. The van der Waals surface area contributed by atoms with Gasteiger partial charge in [0.15, 0.2) is 5.13 Å². The second-order valence-corrected chi connectivity index (χ2v) is 7.99. The molecule has 0 aliphatic rings. The first-order valence-electron chi connectivity index (χ1n) is 8.08. The molecule has 0 atom stereocenters. The highest BCUT2D eigenvalue weighted by atomic mass is 32.1. The normalized spacial score (nSPS) is 11.0. The van der Waals surface area contributed by atoms with Crippen molar-refractivity contribution in [3.63, 3.8) is 0 Å². The number of thiazole rings is 1. The van der Waals surface area contributed by atoms with E-state index in [0.29, 0.717) is 12.5 Å². The van der Waals surface area contributed by atoms with Gasteiger partial charge in [0.25, 0.3) is 0 Å². The third-order valence-corrected chi connectivity index (χ3v) is 5.65. The van der Waals surface area contributed by atoms with Gasteiger partial charge in [-0.25, -0.2) is 4.98 Å². The third kappa shape index (κ3) is 4.46. The molecule has 6 heteroatoms. The summed E-state index contributed by atoms with van der Waals surface area (Å²) in [7, 11) is 0. The van der Waals surface area contributed by atoms with E-state index in [4.69, 9.17) is 0 Å². The molecule has 25 heavy (non-hydrogen) atoms. The molecular formula is C19H20N2O2S2. The summed E-state index contributed by atoms with van der Waals surface area (Å²) in [4.78, 5) is 18.8. The van der Waals surface area contributed by atoms with Crippen molar-refractivity contribution < 1.29 is 9.90 Å². The van der Waals surface area contributed by atoms with Crippen LogP contribution in [0.25, 0.3) is 11.3 Å². The Morgan fingerprint density at radius 3 is 2.56 bits per heavy atom. The van der Waals surface area contributed by atoms with E-state index in [9.17, 15) is 9.90 Å². The van der Waals surface area contributed by atoms with E-state index < -0.39 is 5.97 Å². The zero-order valence-electron chi connectivity index (χ0n) is 14.2. The summed E-state index contributed by atoms with van der Waals surface area (Å²) in [6.45, 7) is 4.84. The molecular weight excluding hydrogens is 352 g/mol. The van der Waals surface area contributed by atoms with Crippen LogP contribution in [0, 0.1) is 0 Å². The minimum atomic E-state index is -0.852. The Hall–Kier alpha value is -2.18. The van der Waals surface area contributed by atoms with Crippen LogP contribution in [-0.4, -0.2) is 22.6 Å². The van der Waals surface area contributed by atoms with Crippen molar-refractivity contribution in [2.75, 3.05) is 11.4 Å². The summed E-state index contributed by atoms with van der Waals surface area (Å²) < 4.78 is 0. The standard InChI is InChI=1S/C19H20N2O2S2/c1-13(2)14-5-7-15(8-6-14)17-12-25-19(20-17)21(11-18(22)23)10-16-4-3-9-24-16/h3-9,12-13H,10-11H2,1-2H3,(H,22,23). The van der Waals surface area contributed by atoms with Crippen LogP contribution in [0.4, 0.5) is 5.13 Å². The van der Waals surface area contributed by atoms with E-state index in [0.717, 1.165) is 21.3 Å². The molecule has 3 rings (SSSR count). The van der Waals surface area contributed by atoms with Crippen LogP contribution in [-0.2, 0) is 11.3 Å². The van der Waals surface area contributed by atoms with Gasteiger partial charge in [-0.2, -0.15) is 0 Å². The number of aromatic nitrogens is 1. The van der Waals surface area contributed by atoms with Crippen molar-refractivity contribution in [3.05, 3.63) is 57.6 Å². The number of hydrogen-bond donors (Lipinski definition) is 1. The number of hydrogen-bond acceptors (Lipinski definition) is 5. The zero-order chi connectivity index (χ0) is 17.8. The summed E-state index contributed by atoms with van der Waals surface area (Å²) in [6.07, 6.45) is 0. The molecule has 0 aliphatic heterocycles. The second kappa shape index (κ2) is 7.80. The van der Waals surface area contributed by atoms with Gasteiger partial charge in [0.05, 0.1) is 12.2 Å². The van der Waals surface area contributed by atoms with E-state index in [1.54, 1.807) is 11.3 Å². The maximum Gasteiger partial charge on any atom is 0.323 e. The molecule has 0 spiro atoms. The van der Waals surface area contributed by atoms with Crippen molar-refractivity contribution in [1.29, 1.82) is 0 Å². The van der Waals surface area contributed by atoms with Gasteiger partial charge in [-0.1, -0.05) is 44.2 Å². The van der Waals surface area contributed by atoms with Crippen molar-refractivity contribution in [2.45, 2.75) is 26.3 Å². The summed E-state index contributed by atoms with van der Waals surface area (Å²) in [6, 6.07) is 12.4. The first-order valence-corrected chi connectivity index (χ1v) is 9.84. The molecule has 0 bridgehead atoms. The van der Waals surface area contributed by atoms with Gasteiger partial charge in [-0.3, -0.25) is 4.79 Å². The summed E-state index contributed by atoms with van der Waals surface area (Å²) in [5.74, 6) is -0.355. The van der Waals surface area contributed by atoms with Gasteiger partial charge >= 0.3 is 5.97 Å². The summed E-state index contributed by atoms with van der Waals surface area (Å²) in [5, 5.41) is 13.9. The lowest BCUT2D eigenvalue weighted by atomic mass is 10.0. The minimum absolute atomic E-state index is 0.0584. The van der Waals surface area contributed by atoms with E-state index >= 15 is 0 Å². The molecule has 0 amide bonds. The van der Waals surface area contributed by atoms with Gasteiger partial charge in [0, 0.05) is 15.8 Å². The Morgan fingerprint density at radius 1 is 1.20 bits per heavy atom. The van der Waals surface area contributed by atoms with Crippen molar-refractivity contribution in [1.82, 2.24) is 4.98 Å². The molecule has 2 aromatic heterocycles. The maximum absolute atomic E-state index is 11.2. The molecule has 1 aromatic carbocycles. The molecule has 130 valence electrons. The SMILES string of the molecule is CC(C)c1ccc(-c2csc(N(CC(=O)O)Cc3cccs3)n2)cc1. The number of carboxylic acids is 1. The third-order valence-electron chi connectivity index (χ3n) is 3.89. The van der Waals surface area contributed by atoms with Gasteiger partial charge < -0.3 is 10.0 Å². The largest absolute Gasteiger partial charge is 0.480 e. The molecule has 2 heterocycles. The fourth-order valence-corrected chi connectivity index (χ4v) is 4.08. The van der Waals surface area contributed by atoms with Crippen molar-refractivity contribution >= 4 is 33.8 Å². The fraction of sp³-hybridized carbons (Fsp3) is 0.263. The number of rotatable bonds is 7. The smallest absolute Gasteiger partial charge is 0.323 e. The zero-order valence-corrected chi connectivity index (χ0v) is 15.8. The topological polar surface area (TPSA) is 53.4 Å². The predicted molar refractivity (Wildman–Crippen MR) is 105 cm³/mol. The van der Waals surface area contributed by atoms with Gasteiger partial charge in [0.2, 0.25) is 0 Å². The number of nitrogens with zero attached hydrogens (tertiary/aromatic N) is 2. The van der Waals surface area contributed by atoms with Crippen molar-refractivity contribution in [2.24, 2.45) is 0 Å². The Kier molecular flexibility index (Phi) is 5.50. The summed E-state index contributed by atoms with van der Waals surface area (Å²) >= 11 is 3.11. The van der Waals surface area contributed by atoms with Gasteiger partial charge in [-0.15, -0.1) is 22.7 Å². The maximum atomic E-state index is 11.2. The van der Waals surface area contributed by atoms with E-state index in [1.165, 1.54) is 16.9 Å². The van der Waals surface area contributed by atoms with Crippen LogP contribution in [0.3, 0.4) is 0 Å². The Labute approximate surface area is 155 Å². The van der Waals surface area contributed by atoms with Crippen LogP contribution in [0.1, 0.15) is 30.2 Å². The number of carboxylic acid groups (broad SMARTS) is 1. The molecule has 0 saturated carbocycles. The van der Waals surface area contributed by atoms with Crippen LogP contribution in [0.2, 0.25) is 0 Å². The highest BCUT2D eigenvalue weighted by Crippen LogP contribution is 2.29. The number of thiophene rings is 1. The monoisotopic (exact) mass is 372 g/mol. The Balaban J connectivity index is 1.82. The van der Waals surface area contributed by atoms with Crippen LogP contribution in [0.5, 0.6) is 0 Å². The van der Waals surface area contributed by atoms with Crippen molar-refractivity contribution in [3.8, 4) is 11.3 Å². The van der Waals surface area contributed by atoms with Crippen LogP contribution in [0.15, 0.2) is 47.2 Å². The molecule has 3 aromatic rings. The number of aliphatic carboxylic acids is 1. The Morgan fingerprint density at radius 2 is 1.96 bits per heavy atom. The van der Waals surface area contributed by atoms with Crippen LogP contribution >= 0.6 is 22.7 Å². The van der Waals surface area contributed by atoms with Gasteiger partial charge in [-0.05, 0) is 22.9 Å². The summed E-state index contributed by atoms with van der Waals surface area (Å²) in [5.41, 5.74) is 3.24. The molecule has 0 radical (unpaired) electrons. The number of benzene rings is 1. The highest BCUT2D eigenvalue weighted by Gasteiger charge is 2.16. The highest BCUT2D eigenvalue weighted by molar-refractivity contribution is 7.14. The first kappa shape index (κ1) is 17.6. The molecule has 0 saturated heterocycles. The first-order chi connectivity index (χ1) is 12.0. The number of carbonyl (C=O) groups is 1. The molecule has 0 aliphatic carbocycles. The van der Waals surface area contributed by atoms with E-state index in [-0.39, 0.29) is 6.54 Å². The lowest BCUT2D eigenvalue weighted by Crippen LogP contribution is -2.28. The second-order valence-electron chi connectivity index (χ2n) is 6.12. The van der Waals surface area contributed by atoms with Gasteiger partial charge in [0.1, 0.15) is 6.54 Å². The quantitative estimate of drug-likeness (QED) is 0.628. The van der Waals surface area contributed by atoms with Crippen LogP contribution < -0.4 is 4.90 Å². The molecule has 4 nitrogen and oxygen atoms in total. The average Bonchev–Trinajstić information content (AvgIpc) is 3.25. The molecule has 0 unspecified atom stereocenters. The molecule has 0 fully saturated rings.